The summed E-state index contributed by atoms with van der Waals surface area (Å²) in [5, 5.41) is 11.0. The zero-order valence-corrected chi connectivity index (χ0v) is 14.0. The third-order valence-electron chi connectivity index (χ3n) is 3.80. The lowest BCUT2D eigenvalue weighted by atomic mass is 10.1. The van der Waals surface area contributed by atoms with Crippen molar-refractivity contribution in [1.82, 2.24) is 4.90 Å². The third-order valence-corrected chi connectivity index (χ3v) is 3.80. The van der Waals surface area contributed by atoms with Crippen LogP contribution in [0.4, 0.5) is 5.69 Å². The van der Waals surface area contributed by atoms with E-state index < -0.39 is 4.92 Å². The van der Waals surface area contributed by atoms with Gasteiger partial charge in [-0.3, -0.25) is 14.9 Å². The molecule has 0 aliphatic carbocycles. The fourth-order valence-corrected chi connectivity index (χ4v) is 2.30. The number of nitro benzene ring substituents is 1. The quantitative estimate of drug-likeness (QED) is 0.602. The van der Waals surface area contributed by atoms with Crippen LogP contribution in [0.15, 0.2) is 42.5 Å². The van der Waals surface area contributed by atoms with E-state index in [-0.39, 0.29) is 11.6 Å². The first-order valence-corrected chi connectivity index (χ1v) is 7.59. The van der Waals surface area contributed by atoms with E-state index in [1.807, 2.05) is 31.2 Å². The number of carbonyl (C=O) groups is 1. The van der Waals surface area contributed by atoms with Crippen molar-refractivity contribution in [2.75, 3.05) is 20.2 Å². The molecule has 0 atom stereocenters. The summed E-state index contributed by atoms with van der Waals surface area (Å²) >= 11 is 0. The number of hydrogen-bond donors (Lipinski definition) is 0. The van der Waals surface area contributed by atoms with Crippen molar-refractivity contribution in [2.45, 2.75) is 13.8 Å². The van der Waals surface area contributed by atoms with Crippen molar-refractivity contribution in [2.24, 2.45) is 0 Å². The highest BCUT2D eigenvalue weighted by atomic mass is 16.6. The second-order valence-electron chi connectivity index (χ2n) is 5.60. The van der Waals surface area contributed by atoms with Crippen molar-refractivity contribution < 1.29 is 14.5 Å². The predicted molar refractivity (Wildman–Crippen MR) is 91.5 cm³/mol. The Balaban J connectivity index is 1.98. The molecule has 2 rings (SSSR count). The molecule has 0 spiro atoms. The Morgan fingerprint density at radius 1 is 1.17 bits per heavy atom. The summed E-state index contributed by atoms with van der Waals surface area (Å²) in [5.74, 6) is 0.483. The second-order valence-corrected chi connectivity index (χ2v) is 5.60. The topological polar surface area (TPSA) is 72.7 Å². The average molecular weight is 328 g/mol. The van der Waals surface area contributed by atoms with Gasteiger partial charge in [0.15, 0.2) is 0 Å². The molecular formula is C18H20N2O4. The van der Waals surface area contributed by atoms with E-state index in [4.69, 9.17) is 4.74 Å². The number of nitrogens with zero attached hydrogens (tertiary/aromatic N) is 2. The second kappa shape index (κ2) is 7.59. The van der Waals surface area contributed by atoms with Gasteiger partial charge >= 0.3 is 0 Å². The zero-order valence-electron chi connectivity index (χ0n) is 14.0. The van der Waals surface area contributed by atoms with Gasteiger partial charge in [0, 0.05) is 24.2 Å². The standard InChI is InChI=1S/C18H20N2O4/c1-13-7-9-15(10-8-13)24-12-11-19(3)18(21)16-5-4-6-17(14(16)2)20(22)23/h4-10H,11-12H2,1-3H3. The average Bonchev–Trinajstić information content (AvgIpc) is 2.56. The molecule has 0 heterocycles. The van der Waals surface area contributed by atoms with E-state index in [9.17, 15) is 14.9 Å². The number of hydrogen-bond acceptors (Lipinski definition) is 4. The SMILES string of the molecule is Cc1ccc(OCCN(C)C(=O)c2cccc([N+](=O)[O-])c2C)cc1. The Labute approximate surface area is 140 Å². The highest BCUT2D eigenvalue weighted by Gasteiger charge is 2.20. The molecule has 0 aliphatic heterocycles. The highest BCUT2D eigenvalue weighted by molar-refractivity contribution is 5.96. The molecule has 126 valence electrons. The number of carbonyl (C=O) groups excluding carboxylic acids is 1. The lowest BCUT2D eigenvalue weighted by Crippen LogP contribution is -2.31. The minimum Gasteiger partial charge on any atom is -0.492 e. The highest BCUT2D eigenvalue weighted by Crippen LogP contribution is 2.22. The van der Waals surface area contributed by atoms with E-state index in [1.54, 1.807) is 20.0 Å². The Morgan fingerprint density at radius 3 is 2.46 bits per heavy atom. The maximum absolute atomic E-state index is 12.5. The molecule has 1 amide bonds. The number of amides is 1. The predicted octanol–water partition coefficient (Wildman–Crippen LogP) is 3.36. The van der Waals surface area contributed by atoms with E-state index in [1.165, 1.54) is 17.0 Å². The molecule has 0 N–H and O–H groups in total. The van der Waals surface area contributed by atoms with Crippen LogP contribution in [0, 0.1) is 24.0 Å². The molecule has 0 aromatic heterocycles. The molecule has 2 aromatic rings. The first-order chi connectivity index (χ1) is 11.4. The van der Waals surface area contributed by atoms with Gasteiger partial charge in [0.25, 0.3) is 11.6 Å². The van der Waals surface area contributed by atoms with E-state index in [2.05, 4.69) is 0 Å². The Hall–Kier alpha value is -2.89. The molecule has 0 radical (unpaired) electrons. The minimum absolute atomic E-state index is 0.0508. The van der Waals surface area contributed by atoms with Gasteiger partial charge in [-0.1, -0.05) is 23.8 Å². The van der Waals surface area contributed by atoms with Gasteiger partial charge in [-0.15, -0.1) is 0 Å². The van der Waals surface area contributed by atoms with Gasteiger partial charge < -0.3 is 9.64 Å². The van der Waals surface area contributed by atoms with Crippen LogP contribution in [-0.2, 0) is 0 Å². The van der Waals surface area contributed by atoms with Crippen LogP contribution in [0.1, 0.15) is 21.5 Å². The molecule has 6 heteroatoms. The summed E-state index contributed by atoms with van der Waals surface area (Å²) in [7, 11) is 1.65. The van der Waals surface area contributed by atoms with E-state index in [0.29, 0.717) is 24.3 Å². The molecule has 24 heavy (non-hydrogen) atoms. The van der Waals surface area contributed by atoms with Crippen molar-refractivity contribution in [3.8, 4) is 5.75 Å². The van der Waals surface area contributed by atoms with Crippen LogP contribution in [-0.4, -0.2) is 35.9 Å². The molecule has 0 aliphatic rings. The van der Waals surface area contributed by atoms with Crippen LogP contribution >= 0.6 is 0 Å². The Bertz CT molecular complexity index is 741. The van der Waals surface area contributed by atoms with Gasteiger partial charge in [-0.2, -0.15) is 0 Å². The summed E-state index contributed by atoms with van der Waals surface area (Å²) in [6, 6.07) is 12.2. The van der Waals surface area contributed by atoms with Crippen molar-refractivity contribution >= 4 is 11.6 Å². The maximum atomic E-state index is 12.5. The zero-order chi connectivity index (χ0) is 17.7. The summed E-state index contributed by atoms with van der Waals surface area (Å²) in [6.45, 7) is 4.31. The summed E-state index contributed by atoms with van der Waals surface area (Å²) in [5.41, 5.74) is 1.81. The van der Waals surface area contributed by atoms with Crippen LogP contribution in [0.25, 0.3) is 0 Å². The van der Waals surface area contributed by atoms with E-state index >= 15 is 0 Å². The van der Waals surface area contributed by atoms with Crippen LogP contribution in [0.3, 0.4) is 0 Å². The Morgan fingerprint density at radius 2 is 1.83 bits per heavy atom. The summed E-state index contributed by atoms with van der Waals surface area (Å²) in [4.78, 5) is 24.5. The first-order valence-electron chi connectivity index (χ1n) is 7.59. The molecule has 6 nitrogen and oxygen atoms in total. The monoisotopic (exact) mass is 328 g/mol. The van der Waals surface area contributed by atoms with Gasteiger partial charge in [0.05, 0.1) is 11.5 Å². The van der Waals surface area contributed by atoms with Crippen LogP contribution in [0.5, 0.6) is 5.75 Å². The molecule has 0 saturated carbocycles. The first kappa shape index (κ1) is 17.5. The Kier molecular flexibility index (Phi) is 5.52. The number of benzene rings is 2. The fraction of sp³-hybridized carbons (Fsp3) is 0.278. The number of aryl methyl sites for hydroxylation is 1. The molecule has 0 saturated heterocycles. The number of nitro groups is 1. The lowest BCUT2D eigenvalue weighted by Gasteiger charge is -2.18. The number of likely N-dealkylation sites (N-methyl/N-ethyl adjacent to an activating group) is 1. The summed E-state index contributed by atoms with van der Waals surface area (Å²) in [6.07, 6.45) is 0. The smallest absolute Gasteiger partial charge is 0.273 e. The molecule has 0 bridgehead atoms. The lowest BCUT2D eigenvalue weighted by molar-refractivity contribution is -0.385. The van der Waals surface area contributed by atoms with Gasteiger partial charge in [0.1, 0.15) is 12.4 Å². The number of ether oxygens (including phenoxy) is 1. The number of rotatable bonds is 6. The molecular weight excluding hydrogens is 308 g/mol. The minimum atomic E-state index is -0.480. The maximum Gasteiger partial charge on any atom is 0.273 e. The molecule has 2 aromatic carbocycles. The van der Waals surface area contributed by atoms with E-state index in [0.717, 1.165) is 11.3 Å². The fourth-order valence-electron chi connectivity index (χ4n) is 2.30. The van der Waals surface area contributed by atoms with Crippen LogP contribution < -0.4 is 4.74 Å². The van der Waals surface area contributed by atoms with Crippen LogP contribution in [0.2, 0.25) is 0 Å². The van der Waals surface area contributed by atoms with Gasteiger partial charge in [0.2, 0.25) is 0 Å². The van der Waals surface area contributed by atoms with Crippen molar-refractivity contribution in [3.63, 3.8) is 0 Å². The molecule has 0 unspecified atom stereocenters. The normalized spacial score (nSPS) is 10.3. The summed E-state index contributed by atoms with van der Waals surface area (Å²) < 4.78 is 5.61. The van der Waals surface area contributed by atoms with Gasteiger partial charge in [-0.05, 0) is 32.0 Å². The van der Waals surface area contributed by atoms with Gasteiger partial charge in [-0.25, -0.2) is 0 Å². The van der Waals surface area contributed by atoms with Crippen molar-refractivity contribution in [1.29, 1.82) is 0 Å². The third kappa shape index (κ3) is 4.10. The van der Waals surface area contributed by atoms with Crippen molar-refractivity contribution in [3.05, 3.63) is 69.3 Å². The molecule has 0 fully saturated rings. The largest absolute Gasteiger partial charge is 0.492 e.